The van der Waals surface area contributed by atoms with Gasteiger partial charge in [-0.3, -0.25) is 9.97 Å². The van der Waals surface area contributed by atoms with Crippen molar-refractivity contribution in [1.82, 2.24) is 9.97 Å². The molecule has 0 atom stereocenters. The van der Waals surface area contributed by atoms with Crippen LogP contribution in [0.3, 0.4) is 0 Å². The van der Waals surface area contributed by atoms with E-state index in [1.54, 1.807) is 12.4 Å². The van der Waals surface area contributed by atoms with Crippen molar-refractivity contribution in [2.75, 3.05) is 0 Å². The highest BCUT2D eigenvalue weighted by molar-refractivity contribution is 6.33. The maximum Gasteiger partial charge on any atom is 0.101 e. The van der Waals surface area contributed by atoms with E-state index in [0.29, 0.717) is 11.1 Å². The molecule has 4 heteroatoms. The maximum atomic E-state index is 9.76. The number of aryl methyl sites for hydroxylation is 4. The zero-order chi connectivity index (χ0) is 39.1. The largest absolute Gasteiger partial charge is 0.255 e. The van der Waals surface area contributed by atoms with E-state index in [2.05, 4.69) is 125 Å². The van der Waals surface area contributed by atoms with Crippen molar-refractivity contribution >= 4 is 53.9 Å². The highest BCUT2D eigenvalue weighted by Gasteiger charge is 2.31. The summed E-state index contributed by atoms with van der Waals surface area (Å²) in [4.78, 5) is 9.88. The van der Waals surface area contributed by atoms with Crippen LogP contribution in [0.15, 0.2) is 122 Å². The predicted molar refractivity (Wildman–Crippen MR) is 238 cm³/mol. The molecule has 0 radical (unpaired) electrons. The molecular formula is C54H32N4. The second-order valence-corrected chi connectivity index (χ2v) is 16.3. The Morgan fingerprint density at radius 1 is 0.362 bits per heavy atom. The van der Waals surface area contributed by atoms with Gasteiger partial charge in [-0.15, -0.1) is 0 Å². The molecule has 4 nitrogen and oxygen atoms in total. The van der Waals surface area contributed by atoms with Crippen molar-refractivity contribution in [2.24, 2.45) is 0 Å². The van der Waals surface area contributed by atoms with Gasteiger partial charge in [-0.25, -0.2) is 0 Å². The van der Waals surface area contributed by atoms with Gasteiger partial charge in [-0.2, -0.15) is 10.5 Å². The summed E-state index contributed by atoms with van der Waals surface area (Å²) in [6.45, 7) is 8.73. The molecule has 0 aliphatic heterocycles. The van der Waals surface area contributed by atoms with Crippen LogP contribution in [-0.2, 0) is 0 Å². The Morgan fingerprint density at radius 2 is 0.845 bits per heavy atom. The number of nitriles is 2. The Hall–Kier alpha value is -7.66. The van der Waals surface area contributed by atoms with E-state index in [9.17, 15) is 10.5 Å². The number of benzene rings is 8. The lowest BCUT2D eigenvalue weighted by Gasteiger charge is -2.19. The van der Waals surface area contributed by atoms with E-state index in [-0.39, 0.29) is 0 Å². The summed E-state index contributed by atoms with van der Waals surface area (Å²) < 4.78 is 0. The first kappa shape index (κ1) is 32.6. The van der Waals surface area contributed by atoms with Crippen LogP contribution in [0.4, 0.5) is 0 Å². The molecule has 0 unspecified atom stereocenters. The topological polar surface area (TPSA) is 73.4 Å². The fourth-order valence-corrected chi connectivity index (χ4v) is 10.4. The van der Waals surface area contributed by atoms with Gasteiger partial charge >= 0.3 is 0 Å². The van der Waals surface area contributed by atoms with Gasteiger partial charge in [0.05, 0.1) is 22.5 Å². The molecule has 0 bridgehead atoms. The average molecular weight is 737 g/mol. The van der Waals surface area contributed by atoms with Gasteiger partial charge in [-0.1, -0.05) is 72.8 Å². The quantitative estimate of drug-likeness (QED) is 0.166. The van der Waals surface area contributed by atoms with E-state index in [0.717, 1.165) is 55.0 Å². The smallest absolute Gasteiger partial charge is 0.101 e. The summed E-state index contributed by atoms with van der Waals surface area (Å²) in [7, 11) is 0. The molecule has 2 aliphatic rings. The third kappa shape index (κ3) is 4.32. The van der Waals surface area contributed by atoms with E-state index >= 15 is 0 Å². The molecule has 0 amide bonds. The Morgan fingerprint density at radius 3 is 1.43 bits per heavy atom. The zero-order valence-electron chi connectivity index (χ0n) is 32.3. The number of hydrogen-bond acceptors (Lipinski definition) is 4. The summed E-state index contributed by atoms with van der Waals surface area (Å²) in [6, 6.07) is 44.7. The Labute approximate surface area is 334 Å². The lowest BCUT2D eigenvalue weighted by Crippen LogP contribution is -1.95. The van der Waals surface area contributed by atoms with Crippen molar-refractivity contribution in [2.45, 2.75) is 27.7 Å². The van der Waals surface area contributed by atoms with Crippen LogP contribution in [0.25, 0.3) is 121 Å². The Balaban J connectivity index is 1.27. The molecule has 0 N–H and O–H groups in total. The molecule has 0 saturated carbocycles. The van der Waals surface area contributed by atoms with Crippen molar-refractivity contribution < 1.29 is 0 Å². The van der Waals surface area contributed by atoms with Crippen LogP contribution < -0.4 is 0 Å². The van der Waals surface area contributed by atoms with Crippen LogP contribution in [0.5, 0.6) is 0 Å². The highest BCUT2D eigenvalue weighted by Crippen LogP contribution is 2.57. The molecule has 10 aromatic rings. The minimum Gasteiger partial charge on any atom is -0.255 e. The fourth-order valence-electron chi connectivity index (χ4n) is 10.4. The Bertz CT molecular complexity index is 3640. The minimum absolute atomic E-state index is 0.529. The van der Waals surface area contributed by atoms with Crippen LogP contribution in [0, 0.1) is 50.4 Å². The van der Waals surface area contributed by atoms with Gasteiger partial charge in [-0.05, 0) is 179 Å². The second kappa shape index (κ2) is 11.5. The first-order chi connectivity index (χ1) is 28.3. The SMILES string of the molecule is Cc1cc2c3c(cc(C)cc3c1)-c1c-2c(-c2ccc(C#N)cn2)cc2c1cc(-c1ccc(C#N)cn1)c1c3ccc4c(c3ccc21)-c1cc(C)cc2cc(C)cc-4c12. The van der Waals surface area contributed by atoms with Crippen LogP contribution >= 0.6 is 0 Å². The molecule has 2 heterocycles. The average Bonchev–Trinajstić information content (AvgIpc) is 3.72. The standard InChI is InChI=1S/C54H32N4/c1-27-13-33-14-28(2)18-44-49(33)40(17-27)38-10-8-35-36(52(38)44)7-9-37-39-21-43(48-12-6-32(24-56)26-58-48)54-46-20-30(4)16-34-15-29(3)19-45(50(34)46)53(54)41(39)22-42(51(35)37)47-11-5-31(23-55)25-57-47/h5-22,25-26H,1-4H3. The molecule has 0 saturated heterocycles. The van der Waals surface area contributed by atoms with Gasteiger partial charge < -0.3 is 0 Å². The molecular weight excluding hydrogens is 705 g/mol. The predicted octanol–water partition coefficient (Wildman–Crippen LogP) is 13.8. The number of hydrogen-bond donors (Lipinski definition) is 0. The van der Waals surface area contributed by atoms with Crippen molar-refractivity contribution in [3.8, 4) is 79.2 Å². The molecule has 8 aromatic carbocycles. The molecule has 0 spiro atoms. The lowest BCUT2D eigenvalue weighted by molar-refractivity contribution is 1.30. The van der Waals surface area contributed by atoms with Gasteiger partial charge in [0.25, 0.3) is 0 Å². The molecule has 12 rings (SSSR count). The summed E-state index contributed by atoms with van der Waals surface area (Å²) in [5.74, 6) is 0. The molecule has 2 aliphatic carbocycles. The van der Waals surface area contributed by atoms with Gasteiger partial charge in [0, 0.05) is 29.1 Å². The van der Waals surface area contributed by atoms with Gasteiger partial charge in [0.15, 0.2) is 0 Å². The van der Waals surface area contributed by atoms with Crippen molar-refractivity contribution in [3.63, 3.8) is 0 Å². The first-order valence-corrected chi connectivity index (χ1v) is 19.7. The number of fused-ring (bicyclic) bond motifs is 13. The summed E-state index contributed by atoms with van der Waals surface area (Å²) >= 11 is 0. The van der Waals surface area contributed by atoms with Crippen molar-refractivity contribution in [1.29, 1.82) is 10.5 Å². The monoisotopic (exact) mass is 736 g/mol. The van der Waals surface area contributed by atoms with E-state index in [4.69, 9.17) is 9.97 Å². The summed E-state index contributed by atoms with van der Waals surface area (Å²) in [5, 5.41) is 31.4. The third-order valence-electron chi connectivity index (χ3n) is 12.5. The first-order valence-electron chi connectivity index (χ1n) is 19.7. The minimum atomic E-state index is 0.529. The Kier molecular flexibility index (Phi) is 6.43. The molecule has 58 heavy (non-hydrogen) atoms. The molecule has 268 valence electrons. The number of rotatable bonds is 2. The van der Waals surface area contributed by atoms with Crippen LogP contribution in [0.2, 0.25) is 0 Å². The zero-order valence-corrected chi connectivity index (χ0v) is 32.3. The highest BCUT2D eigenvalue weighted by atomic mass is 14.7. The second-order valence-electron chi connectivity index (χ2n) is 16.3. The van der Waals surface area contributed by atoms with Crippen molar-refractivity contribution in [3.05, 3.63) is 155 Å². The van der Waals surface area contributed by atoms with Gasteiger partial charge in [0.2, 0.25) is 0 Å². The van der Waals surface area contributed by atoms with Crippen LogP contribution in [-0.4, -0.2) is 9.97 Å². The molecule has 0 fully saturated rings. The van der Waals surface area contributed by atoms with Gasteiger partial charge in [0.1, 0.15) is 12.1 Å². The normalized spacial score (nSPS) is 12.1. The number of aromatic nitrogens is 2. The summed E-state index contributed by atoms with van der Waals surface area (Å²) in [6.07, 6.45) is 3.36. The van der Waals surface area contributed by atoms with E-state index in [1.165, 1.54) is 88.1 Å². The lowest BCUT2D eigenvalue weighted by atomic mass is 9.84. The third-order valence-corrected chi connectivity index (χ3v) is 12.5. The number of pyridine rings is 2. The van der Waals surface area contributed by atoms with E-state index in [1.807, 2.05) is 24.3 Å². The van der Waals surface area contributed by atoms with E-state index < -0.39 is 0 Å². The number of nitrogens with zero attached hydrogens (tertiary/aromatic N) is 4. The van der Waals surface area contributed by atoms with Crippen LogP contribution in [0.1, 0.15) is 33.4 Å². The summed E-state index contributed by atoms with van der Waals surface area (Å²) in [5.41, 5.74) is 19.6. The molecule has 2 aromatic heterocycles. The fraction of sp³-hybridized carbons (Fsp3) is 0.0741. The maximum absolute atomic E-state index is 9.76.